The number of ether oxygens (including phenoxy) is 1. The zero-order valence-corrected chi connectivity index (χ0v) is 18.8. The number of thiazole rings is 1. The summed E-state index contributed by atoms with van der Waals surface area (Å²) in [6.07, 6.45) is 0.945. The van der Waals surface area contributed by atoms with E-state index in [1.54, 1.807) is 16.2 Å². The summed E-state index contributed by atoms with van der Waals surface area (Å²) < 4.78 is 6.63. The molecule has 5 nitrogen and oxygen atoms in total. The summed E-state index contributed by atoms with van der Waals surface area (Å²) in [5.74, 6) is 0.0316. The van der Waals surface area contributed by atoms with E-state index in [4.69, 9.17) is 9.72 Å². The maximum Gasteiger partial charge on any atom is 0.260 e. The predicted molar refractivity (Wildman–Crippen MR) is 123 cm³/mol. The highest BCUT2D eigenvalue weighted by Gasteiger charge is 2.23. The molecule has 0 unspecified atom stereocenters. The second kappa shape index (κ2) is 9.25. The number of carbonyl (C=O) groups excluding carboxylic acids is 1. The van der Waals surface area contributed by atoms with E-state index in [-0.39, 0.29) is 5.91 Å². The smallest absolute Gasteiger partial charge is 0.260 e. The number of anilines is 1. The van der Waals surface area contributed by atoms with Gasteiger partial charge in [0.15, 0.2) is 5.13 Å². The molecule has 1 aliphatic heterocycles. The zero-order valence-electron chi connectivity index (χ0n) is 18.0. The first-order valence-corrected chi connectivity index (χ1v) is 11.5. The van der Waals surface area contributed by atoms with Crippen molar-refractivity contribution in [2.45, 2.75) is 27.2 Å². The highest BCUT2D eigenvalue weighted by Crippen LogP contribution is 2.33. The van der Waals surface area contributed by atoms with Crippen LogP contribution in [0, 0.1) is 20.8 Å². The van der Waals surface area contributed by atoms with Crippen molar-refractivity contribution >= 4 is 32.6 Å². The summed E-state index contributed by atoms with van der Waals surface area (Å²) in [7, 11) is 0. The Morgan fingerprint density at radius 3 is 2.70 bits per heavy atom. The molecule has 2 aromatic carbocycles. The largest absolute Gasteiger partial charge is 0.370 e. The summed E-state index contributed by atoms with van der Waals surface area (Å²) in [4.78, 5) is 21.8. The van der Waals surface area contributed by atoms with Gasteiger partial charge in [-0.05, 0) is 50.1 Å². The Labute approximate surface area is 182 Å². The quantitative estimate of drug-likeness (QED) is 0.661. The van der Waals surface area contributed by atoms with Gasteiger partial charge in [0.2, 0.25) is 0 Å². The monoisotopic (exact) mass is 424 g/mol. The van der Waals surface area contributed by atoms with Gasteiger partial charge >= 0.3 is 0 Å². The zero-order chi connectivity index (χ0) is 21.1. The van der Waals surface area contributed by atoms with Crippen LogP contribution < -0.4 is 9.80 Å². The Morgan fingerprint density at radius 1 is 1.13 bits per heavy atom. The normalized spacial score (nSPS) is 14.9. The summed E-state index contributed by atoms with van der Waals surface area (Å²) in [6.45, 7) is 11.7. The fourth-order valence-electron chi connectivity index (χ4n) is 4.10. The third-order valence-electron chi connectivity index (χ3n) is 5.66. The van der Waals surface area contributed by atoms with Crippen molar-refractivity contribution in [2.24, 2.45) is 0 Å². The van der Waals surface area contributed by atoms with E-state index < -0.39 is 0 Å². The Balaban J connectivity index is 1.60. The number of hydrogen-bond acceptors (Lipinski definition) is 4. The molecule has 1 fully saturated rings. The third-order valence-corrected chi connectivity index (χ3v) is 6.89. The molecule has 2 heterocycles. The van der Waals surface area contributed by atoms with Crippen molar-refractivity contribution in [3.05, 3.63) is 58.7 Å². The Hall–Kier alpha value is -2.28. The molecule has 4 rings (SSSR count). The lowest BCUT2D eigenvalue weighted by molar-refractivity contribution is -0.908. The predicted octanol–water partition coefficient (Wildman–Crippen LogP) is 3.17. The van der Waals surface area contributed by atoms with E-state index >= 15 is 0 Å². The maximum atomic E-state index is 13.5. The topological polar surface area (TPSA) is 46.9 Å². The summed E-state index contributed by atoms with van der Waals surface area (Å²) in [5.41, 5.74) is 5.21. The lowest BCUT2D eigenvalue weighted by atomic mass is 10.1. The van der Waals surface area contributed by atoms with Crippen molar-refractivity contribution in [3.63, 3.8) is 0 Å². The first kappa shape index (κ1) is 21.0. The van der Waals surface area contributed by atoms with Gasteiger partial charge in [-0.25, -0.2) is 4.98 Å². The van der Waals surface area contributed by atoms with Crippen LogP contribution >= 0.6 is 11.3 Å². The molecule has 1 N–H and O–H groups in total. The van der Waals surface area contributed by atoms with Gasteiger partial charge in [0, 0.05) is 18.5 Å². The maximum absolute atomic E-state index is 13.5. The second-order valence-electron chi connectivity index (χ2n) is 8.22. The number of benzene rings is 2. The number of hydrogen-bond donors (Lipinski definition) is 1. The summed E-state index contributed by atoms with van der Waals surface area (Å²) in [5, 5.41) is 0.794. The molecule has 3 aromatic rings. The fraction of sp³-hybridized carbons (Fsp3) is 0.417. The van der Waals surface area contributed by atoms with E-state index in [9.17, 15) is 4.79 Å². The lowest BCUT2D eigenvalue weighted by Crippen LogP contribution is -3.14. The van der Waals surface area contributed by atoms with Crippen LogP contribution in [0.1, 0.15) is 33.5 Å². The fourth-order valence-corrected chi connectivity index (χ4v) is 5.14. The van der Waals surface area contributed by atoms with Crippen molar-refractivity contribution in [3.8, 4) is 0 Å². The van der Waals surface area contributed by atoms with Crippen LogP contribution in [0.2, 0.25) is 0 Å². The summed E-state index contributed by atoms with van der Waals surface area (Å²) in [6, 6.07) is 12.1. The van der Waals surface area contributed by atoms with Crippen LogP contribution in [0.4, 0.5) is 5.13 Å². The molecule has 1 amide bonds. The molecule has 0 saturated carbocycles. The number of morpholine rings is 1. The molecule has 0 aliphatic carbocycles. The van der Waals surface area contributed by atoms with Gasteiger partial charge in [0.25, 0.3) is 5.91 Å². The van der Waals surface area contributed by atoms with Gasteiger partial charge in [-0.15, -0.1) is 0 Å². The average molecular weight is 425 g/mol. The van der Waals surface area contributed by atoms with Gasteiger partial charge in [-0.3, -0.25) is 9.69 Å². The van der Waals surface area contributed by atoms with Gasteiger partial charge in [-0.2, -0.15) is 0 Å². The second-order valence-corrected chi connectivity index (χ2v) is 9.20. The molecule has 0 atom stereocenters. The van der Waals surface area contributed by atoms with Crippen LogP contribution in [0.5, 0.6) is 0 Å². The van der Waals surface area contributed by atoms with Gasteiger partial charge in [-0.1, -0.05) is 35.1 Å². The lowest BCUT2D eigenvalue weighted by Gasteiger charge is -2.25. The molecule has 30 heavy (non-hydrogen) atoms. The van der Waals surface area contributed by atoms with Gasteiger partial charge in [0.05, 0.1) is 30.0 Å². The van der Waals surface area contributed by atoms with Crippen molar-refractivity contribution in [1.29, 1.82) is 0 Å². The van der Waals surface area contributed by atoms with Gasteiger partial charge in [0.1, 0.15) is 13.1 Å². The van der Waals surface area contributed by atoms with E-state index in [0.717, 1.165) is 65.7 Å². The van der Waals surface area contributed by atoms with Crippen LogP contribution in [0.15, 0.2) is 36.4 Å². The number of nitrogens with zero attached hydrogens (tertiary/aromatic N) is 2. The van der Waals surface area contributed by atoms with E-state index in [2.05, 4.69) is 26.0 Å². The highest BCUT2D eigenvalue weighted by atomic mass is 32.1. The molecule has 0 radical (unpaired) electrons. The molecule has 0 bridgehead atoms. The van der Waals surface area contributed by atoms with Crippen molar-refractivity contribution in [1.82, 2.24) is 4.98 Å². The van der Waals surface area contributed by atoms with E-state index in [1.807, 2.05) is 36.1 Å². The standard InChI is InChI=1S/C24H29N3O2S/c1-17-6-4-7-20(15-17)23(28)27(9-5-8-26-10-12-29-13-11-26)24-25-21-16-18(2)14-19(3)22(21)30-24/h4,6-7,14-16H,5,8-13H2,1-3H3/p+1. The first-order chi connectivity index (χ1) is 14.5. The Bertz CT molecular complexity index is 1040. The SMILES string of the molecule is Cc1cccc(C(=O)N(CCC[NH+]2CCOCC2)c2nc3cc(C)cc(C)c3s2)c1. The number of aryl methyl sites for hydroxylation is 3. The highest BCUT2D eigenvalue weighted by molar-refractivity contribution is 7.22. The number of quaternary nitrogens is 1. The first-order valence-electron chi connectivity index (χ1n) is 10.7. The van der Waals surface area contributed by atoms with Crippen LogP contribution in [0.3, 0.4) is 0 Å². The Kier molecular flexibility index (Phi) is 6.46. The number of aromatic nitrogens is 1. The molecule has 1 aromatic heterocycles. The molecule has 1 aliphatic rings. The number of nitrogens with one attached hydrogen (secondary N) is 1. The molecule has 0 spiro atoms. The number of rotatable bonds is 6. The minimum Gasteiger partial charge on any atom is -0.370 e. The third kappa shape index (κ3) is 4.72. The van der Waals surface area contributed by atoms with Crippen molar-refractivity contribution in [2.75, 3.05) is 44.3 Å². The number of fused-ring (bicyclic) bond motifs is 1. The van der Waals surface area contributed by atoms with Crippen LogP contribution in [-0.4, -0.2) is 50.3 Å². The van der Waals surface area contributed by atoms with Crippen molar-refractivity contribution < 1.29 is 14.4 Å². The molecule has 1 saturated heterocycles. The van der Waals surface area contributed by atoms with E-state index in [0.29, 0.717) is 6.54 Å². The molecule has 158 valence electrons. The molecular weight excluding hydrogens is 394 g/mol. The number of carbonyl (C=O) groups is 1. The summed E-state index contributed by atoms with van der Waals surface area (Å²) >= 11 is 1.62. The van der Waals surface area contributed by atoms with Gasteiger partial charge < -0.3 is 9.64 Å². The van der Waals surface area contributed by atoms with Crippen LogP contribution in [-0.2, 0) is 4.74 Å². The minimum atomic E-state index is 0.0316. The Morgan fingerprint density at radius 2 is 1.93 bits per heavy atom. The van der Waals surface area contributed by atoms with Crippen LogP contribution in [0.25, 0.3) is 10.2 Å². The molecule has 6 heteroatoms. The minimum absolute atomic E-state index is 0.0316. The van der Waals surface area contributed by atoms with E-state index in [1.165, 1.54) is 11.1 Å². The average Bonchev–Trinajstić information content (AvgIpc) is 3.15. The number of amides is 1. The molecular formula is C24H30N3O2S+.